The van der Waals surface area contributed by atoms with E-state index in [0.717, 1.165) is 48.6 Å². The number of fused-ring (bicyclic) bond motifs is 1. The van der Waals surface area contributed by atoms with Crippen LogP contribution in [0.25, 0.3) is 0 Å². The zero-order valence-corrected chi connectivity index (χ0v) is 18.8. The second-order valence-electron chi connectivity index (χ2n) is 8.62. The molecule has 0 bridgehead atoms. The van der Waals surface area contributed by atoms with Crippen molar-refractivity contribution in [3.8, 4) is 23.0 Å². The second-order valence-corrected chi connectivity index (χ2v) is 8.62. The number of phenolic OH excluding ortho intramolecular Hbond substituents is 1. The molecule has 2 aromatic carbocycles. The maximum atomic E-state index is 12.6. The number of rotatable bonds is 8. The molecule has 1 amide bonds. The minimum atomic E-state index is 0.0902. The Morgan fingerprint density at radius 2 is 2.03 bits per heavy atom. The van der Waals surface area contributed by atoms with Gasteiger partial charge in [-0.1, -0.05) is 25.5 Å². The fourth-order valence-corrected chi connectivity index (χ4v) is 4.64. The molecule has 0 aromatic heterocycles. The number of ether oxygens (including phenoxy) is 3. The summed E-state index contributed by atoms with van der Waals surface area (Å²) >= 11 is 0. The number of methoxy groups -OCH3 is 1. The summed E-state index contributed by atoms with van der Waals surface area (Å²) in [6, 6.07) is 11.2. The standard InChI is InChI=1S/C25H32N2O5/c1-3-18-14-27(15-20-5-6-21(30-2)12-22(20)28)9-8-19(18)11-25(29)26-13-17-4-7-23-24(10-17)32-16-31-23/h4-7,10,12,18-19,28H,3,8-9,11,13-16H2,1-2H3,(H,26,29)/t18-,19+/m1/s1. The fourth-order valence-electron chi connectivity index (χ4n) is 4.64. The van der Waals surface area contributed by atoms with Crippen LogP contribution in [0.4, 0.5) is 0 Å². The molecule has 7 nitrogen and oxygen atoms in total. The van der Waals surface area contributed by atoms with Gasteiger partial charge in [-0.2, -0.15) is 0 Å². The van der Waals surface area contributed by atoms with Crippen LogP contribution in [0, 0.1) is 11.8 Å². The molecule has 0 unspecified atom stereocenters. The first-order valence-corrected chi connectivity index (χ1v) is 11.3. The fraction of sp³-hybridized carbons (Fsp3) is 0.480. The average Bonchev–Trinajstić information content (AvgIpc) is 3.28. The van der Waals surface area contributed by atoms with Crippen molar-refractivity contribution >= 4 is 5.91 Å². The lowest BCUT2D eigenvalue weighted by Gasteiger charge is -2.38. The number of nitrogens with zero attached hydrogens (tertiary/aromatic N) is 1. The Labute approximate surface area is 189 Å². The van der Waals surface area contributed by atoms with Crippen LogP contribution in [0.5, 0.6) is 23.0 Å². The predicted octanol–water partition coefficient (Wildman–Crippen LogP) is 3.68. The van der Waals surface area contributed by atoms with Crippen LogP contribution < -0.4 is 19.5 Å². The van der Waals surface area contributed by atoms with Crippen molar-refractivity contribution in [3.05, 3.63) is 47.5 Å². The molecule has 32 heavy (non-hydrogen) atoms. The minimum Gasteiger partial charge on any atom is -0.507 e. The Balaban J connectivity index is 1.27. The molecule has 2 N–H and O–H groups in total. The van der Waals surface area contributed by atoms with Crippen LogP contribution in [-0.4, -0.2) is 42.9 Å². The van der Waals surface area contributed by atoms with Gasteiger partial charge in [0.25, 0.3) is 0 Å². The van der Waals surface area contributed by atoms with Gasteiger partial charge in [-0.05, 0) is 48.6 Å². The van der Waals surface area contributed by atoms with E-state index < -0.39 is 0 Å². The van der Waals surface area contributed by atoms with Gasteiger partial charge in [-0.3, -0.25) is 9.69 Å². The van der Waals surface area contributed by atoms with Crippen molar-refractivity contribution in [2.75, 3.05) is 27.0 Å². The summed E-state index contributed by atoms with van der Waals surface area (Å²) in [5.74, 6) is 3.33. The first-order chi connectivity index (χ1) is 15.6. The second kappa shape index (κ2) is 10.1. The van der Waals surface area contributed by atoms with Crippen molar-refractivity contribution in [2.45, 2.75) is 39.3 Å². The highest BCUT2D eigenvalue weighted by molar-refractivity contribution is 5.76. The topological polar surface area (TPSA) is 80.3 Å². The van der Waals surface area contributed by atoms with E-state index in [1.807, 2.05) is 30.3 Å². The molecular formula is C25H32N2O5. The largest absolute Gasteiger partial charge is 0.507 e. The highest BCUT2D eigenvalue weighted by atomic mass is 16.7. The third-order valence-corrected chi connectivity index (χ3v) is 6.56. The summed E-state index contributed by atoms with van der Waals surface area (Å²) in [6.45, 7) is 5.48. The maximum Gasteiger partial charge on any atom is 0.231 e. The van der Waals surface area contributed by atoms with Crippen molar-refractivity contribution in [1.29, 1.82) is 0 Å². The number of phenols is 1. The van der Waals surface area contributed by atoms with E-state index in [1.54, 1.807) is 13.2 Å². The summed E-state index contributed by atoms with van der Waals surface area (Å²) in [5.41, 5.74) is 1.91. The summed E-state index contributed by atoms with van der Waals surface area (Å²) in [4.78, 5) is 15.0. The van der Waals surface area contributed by atoms with Gasteiger partial charge in [0.2, 0.25) is 12.7 Å². The van der Waals surface area contributed by atoms with Crippen LogP contribution in [0.2, 0.25) is 0 Å². The van der Waals surface area contributed by atoms with E-state index in [-0.39, 0.29) is 18.4 Å². The van der Waals surface area contributed by atoms with Gasteiger partial charge in [0, 0.05) is 37.7 Å². The average molecular weight is 441 g/mol. The number of piperidine rings is 1. The van der Waals surface area contributed by atoms with Crippen molar-refractivity contribution in [3.63, 3.8) is 0 Å². The number of nitrogens with one attached hydrogen (secondary N) is 1. The Morgan fingerprint density at radius 3 is 2.81 bits per heavy atom. The number of aromatic hydroxyl groups is 1. The third-order valence-electron chi connectivity index (χ3n) is 6.56. The molecule has 2 aliphatic rings. The number of carbonyl (C=O) groups is 1. The van der Waals surface area contributed by atoms with E-state index in [4.69, 9.17) is 14.2 Å². The molecule has 7 heteroatoms. The molecule has 4 rings (SSSR count). The quantitative estimate of drug-likeness (QED) is 0.652. The van der Waals surface area contributed by atoms with Gasteiger partial charge in [0.1, 0.15) is 11.5 Å². The van der Waals surface area contributed by atoms with Crippen LogP contribution in [0.1, 0.15) is 37.3 Å². The number of likely N-dealkylation sites (tertiary alicyclic amines) is 1. The summed E-state index contributed by atoms with van der Waals surface area (Å²) in [6.07, 6.45) is 2.56. The van der Waals surface area contributed by atoms with Gasteiger partial charge in [-0.25, -0.2) is 0 Å². The van der Waals surface area contributed by atoms with E-state index in [0.29, 0.717) is 37.1 Å². The molecule has 2 aliphatic heterocycles. The lowest BCUT2D eigenvalue weighted by molar-refractivity contribution is -0.123. The van der Waals surface area contributed by atoms with E-state index in [1.165, 1.54) is 0 Å². The zero-order valence-electron chi connectivity index (χ0n) is 18.8. The van der Waals surface area contributed by atoms with Crippen LogP contribution in [-0.2, 0) is 17.9 Å². The van der Waals surface area contributed by atoms with Gasteiger partial charge in [0.15, 0.2) is 11.5 Å². The maximum absolute atomic E-state index is 12.6. The van der Waals surface area contributed by atoms with Gasteiger partial charge >= 0.3 is 0 Å². The first kappa shape index (κ1) is 22.3. The molecule has 1 fully saturated rings. The highest BCUT2D eigenvalue weighted by Gasteiger charge is 2.30. The van der Waals surface area contributed by atoms with Gasteiger partial charge in [0.05, 0.1) is 7.11 Å². The Hall–Kier alpha value is -2.93. The SMILES string of the molecule is CC[C@@H]1CN(Cc2ccc(OC)cc2O)CC[C@H]1CC(=O)NCc1ccc2c(c1)OCO2. The number of hydrogen-bond donors (Lipinski definition) is 2. The molecule has 2 heterocycles. The molecule has 2 atom stereocenters. The van der Waals surface area contributed by atoms with E-state index in [2.05, 4.69) is 17.1 Å². The normalized spacial score (nSPS) is 20.2. The smallest absolute Gasteiger partial charge is 0.231 e. The van der Waals surface area contributed by atoms with Crippen LogP contribution in [0.3, 0.4) is 0 Å². The van der Waals surface area contributed by atoms with E-state index >= 15 is 0 Å². The molecular weight excluding hydrogens is 408 g/mol. The lowest BCUT2D eigenvalue weighted by atomic mass is 9.81. The van der Waals surface area contributed by atoms with Crippen molar-refractivity contribution in [1.82, 2.24) is 10.2 Å². The Bertz CT molecular complexity index is 948. The first-order valence-electron chi connectivity index (χ1n) is 11.3. The van der Waals surface area contributed by atoms with Crippen LogP contribution in [0.15, 0.2) is 36.4 Å². The van der Waals surface area contributed by atoms with E-state index in [9.17, 15) is 9.90 Å². The van der Waals surface area contributed by atoms with Crippen LogP contribution >= 0.6 is 0 Å². The number of benzene rings is 2. The lowest BCUT2D eigenvalue weighted by Crippen LogP contribution is -2.41. The number of hydrogen-bond acceptors (Lipinski definition) is 6. The third kappa shape index (κ3) is 5.27. The highest BCUT2D eigenvalue weighted by Crippen LogP contribution is 2.33. The molecule has 2 aromatic rings. The molecule has 0 spiro atoms. The van der Waals surface area contributed by atoms with Crippen molar-refractivity contribution in [2.24, 2.45) is 11.8 Å². The monoisotopic (exact) mass is 440 g/mol. The Morgan fingerprint density at radius 1 is 1.19 bits per heavy atom. The molecule has 0 aliphatic carbocycles. The predicted molar refractivity (Wildman–Crippen MR) is 121 cm³/mol. The minimum absolute atomic E-state index is 0.0902. The molecule has 0 radical (unpaired) electrons. The van der Waals surface area contributed by atoms with Gasteiger partial charge in [-0.15, -0.1) is 0 Å². The molecule has 1 saturated heterocycles. The Kier molecular flexibility index (Phi) is 7.05. The summed E-state index contributed by atoms with van der Waals surface area (Å²) in [7, 11) is 1.59. The van der Waals surface area contributed by atoms with Crippen molar-refractivity contribution < 1.29 is 24.1 Å². The summed E-state index contributed by atoms with van der Waals surface area (Å²) in [5, 5.41) is 13.3. The molecule has 0 saturated carbocycles. The molecule has 172 valence electrons. The zero-order chi connectivity index (χ0) is 22.5. The summed E-state index contributed by atoms with van der Waals surface area (Å²) < 4.78 is 15.9. The number of amides is 1. The van der Waals surface area contributed by atoms with Gasteiger partial charge < -0.3 is 24.6 Å². The number of carbonyl (C=O) groups excluding carboxylic acids is 1.